The minimum atomic E-state index is 0.151. The van der Waals surface area contributed by atoms with E-state index >= 15 is 0 Å². The van der Waals surface area contributed by atoms with Crippen LogP contribution in [-0.2, 0) is 11.3 Å². The van der Waals surface area contributed by atoms with Crippen molar-refractivity contribution in [3.8, 4) is 5.75 Å². The van der Waals surface area contributed by atoms with Gasteiger partial charge >= 0.3 is 0 Å². The lowest BCUT2D eigenvalue weighted by atomic mass is 10.1. The molecule has 0 spiro atoms. The van der Waals surface area contributed by atoms with Gasteiger partial charge in [0, 0.05) is 38.2 Å². The lowest BCUT2D eigenvalue weighted by Gasteiger charge is -2.21. The van der Waals surface area contributed by atoms with E-state index in [0.717, 1.165) is 37.8 Å². The van der Waals surface area contributed by atoms with E-state index in [4.69, 9.17) is 4.74 Å². The topological polar surface area (TPSA) is 41.6 Å². The summed E-state index contributed by atoms with van der Waals surface area (Å²) in [5.74, 6) is 1.90. The Kier molecular flexibility index (Phi) is 4.67. The Bertz CT molecular complexity index is 540. The first-order chi connectivity index (χ1) is 10.6. The van der Waals surface area contributed by atoms with Crippen LogP contribution in [0.15, 0.2) is 18.2 Å². The fourth-order valence-corrected chi connectivity index (χ4v) is 2.97. The molecular weight excluding hydrogens is 276 g/mol. The second-order valence-corrected chi connectivity index (χ2v) is 6.77. The number of hydrogen-bond acceptors (Lipinski definition) is 3. The van der Waals surface area contributed by atoms with Gasteiger partial charge in [0.1, 0.15) is 11.9 Å². The van der Waals surface area contributed by atoms with Crippen molar-refractivity contribution in [2.75, 3.05) is 19.6 Å². The third-order valence-electron chi connectivity index (χ3n) is 4.39. The molecule has 1 aromatic carbocycles. The quantitative estimate of drug-likeness (QED) is 0.908. The molecule has 1 unspecified atom stereocenters. The SMILES string of the molecule is Cc1ccc2c(c1)CN(CCC(=O)NCC1CC1)CC(C)O2. The predicted octanol–water partition coefficient (Wildman–Crippen LogP) is 2.49. The van der Waals surface area contributed by atoms with Gasteiger partial charge < -0.3 is 10.1 Å². The van der Waals surface area contributed by atoms with Crippen molar-refractivity contribution >= 4 is 5.91 Å². The molecule has 1 amide bonds. The predicted molar refractivity (Wildman–Crippen MR) is 86.9 cm³/mol. The fraction of sp³-hybridized carbons (Fsp3) is 0.611. The molecule has 1 saturated carbocycles. The smallest absolute Gasteiger partial charge is 0.221 e. The van der Waals surface area contributed by atoms with E-state index in [1.807, 2.05) is 0 Å². The molecule has 4 heteroatoms. The first-order valence-corrected chi connectivity index (χ1v) is 8.35. The number of amides is 1. The van der Waals surface area contributed by atoms with Crippen molar-refractivity contribution in [1.29, 1.82) is 0 Å². The largest absolute Gasteiger partial charge is 0.489 e. The van der Waals surface area contributed by atoms with Crippen LogP contribution in [0.4, 0.5) is 0 Å². The van der Waals surface area contributed by atoms with Crippen molar-refractivity contribution in [3.05, 3.63) is 29.3 Å². The first kappa shape index (κ1) is 15.3. The number of rotatable bonds is 5. The highest BCUT2D eigenvalue weighted by Gasteiger charge is 2.23. The minimum absolute atomic E-state index is 0.151. The van der Waals surface area contributed by atoms with Crippen molar-refractivity contribution in [1.82, 2.24) is 10.2 Å². The van der Waals surface area contributed by atoms with Crippen molar-refractivity contribution in [3.63, 3.8) is 0 Å². The molecule has 0 aromatic heterocycles. The van der Waals surface area contributed by atoms with Gasteiger partial charge in [-0.05, 0) is 38.7 Å². The van der Waals surface area contributed by atoms with Crippen LogP contribution < -0.4 is 10.1 Å². The normalized spacial score (nSPS) is 21.6. The lowest BCUT2D eigenvalue weighted by molar-refractivity contribution is -0.121. The summed E-state index contributed by atoms with van der Waals surface area (Å²) in [5.41, 5.74) is 2.47. The molecule has 22 heavy (non-hydrogen) atoms. The first-order valence-electron chi connectivity index (χ1n) is 8.35. The average Bonchev–Trinajstić information content (AvgIpc) is 3.29. The second-order valence-electron chi connectivity index (χ2n) is 6.77. The minimum Gasteiger partial charge on any atom is -0.489 e. The zero-order valence-electron chi connectivity index (χ0n) is 13.6. The second kappa shape index (κ2) is 6.69. The molecule has 0 saturated heterocycles. The molecule has 1 atom stereocenters. The van der Waals surface area contributed by atoms with Gasteiger partial charge in [-0.3, -0.25) is 9.69 Å². The zero-order valence-corrected chi connectivity index (χ0v) is 13.6. The Balaban J connectivity index is 1.55. The molecular formula is C18H26N2O2. The molecule has 1 N–H and O–H groups in total. The standard InChI is InChI=1S/C18H26N2O2/c1-13-3-6-17-16(9-13)12-20(11-14(2)22-17)8-7-18(21)19-10-15-4-5-15/h3,6,9,14-15H,4-5,7-8,10-12H2,1-2H3,(H,19,21). The maximum Gasteiger partial charge on any atom is 0.221 e. The van der Waals surface area contributed by atoms with E-state index in [2.05, 4.69) is 42.3 Å². The number of carbonyl (C=O) groups is 1. The number of benzene rings is 1. The summed E-state index contributed by atoms with van der Waals surface area (Å²) in [7, 11) is 0. The highest BCUT2D eigenvalue weighted by Crippen LogP contribution is 2.28. The molecule has 1 aliphatic carbocycles. The van der Waals surface area contributed by atoms with E-state index in [9.17, 15) is 4.79 Å². The molecule has 120 valence electrons. The highest BCUT2D eigenvalue weighted by atomic mass is 16.5. The van der Waals surface area contributed by atoms with Gasteiger partial charge in [0.15, 0.2) is 0 Å². The summed E-state index contributed by atoms with van der Waals surface area (Å²) in [5, 5.41) is 3.04. The highest BCUT2D eigenvalue weighted by molar-refractivity contribution is 5.76. The fourth-order valence-electron chi connectivity index (χ4n) is 2.97. The summed E-state index contributed by atoms with van der Waals surface area (Å²) in [6.07, 6.45) is 3.27. The number of ether oxygens (including phenoxy) is 1. The Morgan fingerprint density at radius 3 is 3.00 bits per heavy atom. The number of nitrogens with one attached hydrogen (secondary N) is 1. The van der Waals surface area contributed by atoms with Crippen LogP contribution in [0.2, 0.25) is 0 Å². The van der Waals surface area contributed by atoms with Crippen LogP contribution in [0.5, 0.6) is 5.75 Å². The van der Waals surface area contributed by atoms with E-state index < -0.39 is 0 Å². The van der Waals surface area contributed by atoms with Crippen molar-refractivity contribution < 1.29 is 9.53 Å². The van der Waals surface area contributed by atoms with Crippen LogP contribution in [-0.4, -0.2) is 36.5 Å². The summed E-state index contributed by atoms with van der Waals surface area (Å²) in [6, 6.07) is 6.34. The monoisotopic (exact) mass is 302 g/mol. The number of fused-ring (bicyclic) bond motifs is 1. The lowest BCUT2D eigenvalue weighted by Crippen LogP contribution is -2.35. The van der Waals surface area contributed by atoms with Gasteiger partial charge in [0.2, 0.25) is 5.91 Å². The average molecular weight is 302 g/mol. The molecule has 3 rings (SSSR count). The Hall–Kier alpha value is -1.55. The number of aryl methyl sites for hydroxylation is 1. The molecule has 1 aromatic rings. The number of nitrogens with zero attached hydrogens (tertiary/aromatic N) is 1. The molecule has 2 aliphatic rings. The van der Waals surface area contributed by atoms with Gasteiger partial charge in [-0.25, -0.2) is 0 Å². The van der Waals surface area contributed by atoms with Crippen LogP contribution in [0.1, 0.15) is 37.3 Å². The molecule has 4 nitrogen and oxygen atoms in total. The van der Waals surface area contributed by atoms with E-state index in [1.165, 1.54) is 24.0 Å². The van der Waals surface area contributed by atoms with Gasteiger partial charge in [0.25, 0.3) is 0 Å². The maximum atomic E-state index is 11.9. The van der Waals surface area contributed by atoms with Crippen molar-refractivity contribution in [2.24, 2.45) is 5.92 Å². The third kappa shape index (κ3) is 4.23. The Morgan fingerprint density at radius 1 is 1.41 bits per heavy atom. The van der Waals surface area contributed by atoms with Crippen LogP contribution in [0, 0.1) is 12.8 Å². The molecule has 1 aliphatic heterocycles. The zero-order chi connectivity index (χ0) is 15.5. The summed E-state index contributed by atoms with van der Waals surface area (Å²) in [4.78, 5) is 14.2. The summed E-state index contributed by atoms with van der Waals surface area (Å²) < 4.78 is 5.99. The summed E-state index contributed by atoms with van der Waals surface area (Å²) >= 11 is 0. The maximum absolute atomic E-state index is 11.9. The Labute approximate surface area is 132 Å². The van der Waals surface area contributed by atoms with Gasteiger partial charge in [0.05, 0.1) is 0 Å². The molecule has 1 fully saturated rings. The molecule has 0 radical (unpaired) electrons. The van der Waals surface area contributed by atoms with Crippen LogP contribution in [0.25, 0.3) is 0 Å². The van der Waals surface area contributed by atoms with Gasteiger partial charge in [-0.1, -0.05) is 17.7 Å². The van der Waals surface area contributed by atoms with E-state index in [-0.39, 0.29) is 12.0 Å². The van der Waals surface area contributed by atoms with Crippen LogP contribution >= 0.6 is 0 Å². The molecule has 0 bridgehead atoms. The van der Waals surface area contributed by atoms with E-state index in [0.29, 0.717) is 6.42 Å². The van der Waals surface area contributed by atoms with Crippen molar-refractivity contribution in [2.45, 2.75) is 45.8 Å². The summed E-state index contributed by atoms with van der Waals surface area (Å²) in [6.45, 7) is 7.57. The molecule has 1 heterocycles. The number of hydrogen-bond donors (Lipinski definition) is 1. The number of carbonyl (C=O) groups excluding carboxylic acids is 1. The third-order valence-corrected chi connectivity index (χ3v) is 4.39. The van der Waals surface area contributed by atoms with E-state index in [1.54, 1.807) is 0 Å². The van der Waals surface area contributed by atoms with Gasteiger partial charge in [-0.15, -0.1) is 0 Å². The Morgan fingerprint density at radius 2 is 2.23 bits per heavy atom. The van der Waals surface area contributed by atoms with Gasteiger partial charge in [-0.2, -0.15) is 0 Å². The van der Waals surface area contributed by atoms with Crippen LogP contribution in [0.3, 0.4) is 0 Å².